The van der Waals surface area contributed by atoms with Crippen molar-refractivity contribution >= 4 is 11.3 Å². The highest BCUT2D eigenvalue weighted by atomic mass is 32.1. The fourth-order valence-electron chi connectivity index (χ4n) is 1.67. The molecular formula is C12H9N5OS. The molecule has 0 bridgehead atoms. The Morgan fingerprint density at radius 3 is 2.84 bits per heavy atom. The van der Waals surface area contributed by atoms with Gasteiger partial charge in [-0.05, 0) is 26.0 Å². The number of nitriles is 1. The molecule has 3 rings (SSSR count). The van der Waals surface area contributed by atoms with E-state index in [9.17, 15) is 0 Å². The lowest BCUT2D eigenvalue weighted by Gasteiger charge is -1.99. The lowest BCUT2D eigenvalue weighted by Crippen LogP contribution is -1.98. The van der Waals surface area contributed by atoms with E-state index in [0.717, 1.165) is 10.6 Å². The van der Waals surface area contributed by atoms with Gasteiger partial charge in [0.2, 0.25) is 5.13 Å². The predicted molar refractivity (Wildman–Crippen MR) is 68.9 cm³/mol. The van der Waals surface area contributed by atoms with Crippen LogP contribution in [0.25, 0.3) is 16.6 Å². The normalized spacial score (nSPS) is 10.6. The van der Waals surface area contributed by atoms with Crippen molar-refractivity contribution in [3.8, 4) is 22.7 Å². The molecule has 0 aromatic carbocycles. The molecule has 0 saturated heterocycles. The number of hydrogen-bond acceptors (Lipinski definition) is 6. The Morgan fingerprint density at radius 2 is 2.26 bits per heavy atom. The van der Waals surface area contributed by atoms with Crippen LogP contribution < -0.4 is 0 Å². The van der Waals surface area contributed by atoms with Gasteiger partial charge >= 0.3 is 0 Å². The third kappa shape index (κ3) is 1.82. The molecule has 19 heavy (non-hydrogen) atoms. The summed E-state index contributed by atoms with van der Waals surface area (Å²) in [5, 5.41) is 17.7. The van der Waals surface area contributed by atoms with E-state index in [2.05, 4.69) is 15.3 Å². The summed E-state index contributed by atoms with van der Waals surface area (Å²) in [6, 6.07) is 5.54. The van der Waals surface area contributed by atoms with Gasteiger partial charge in [-0.2, -0.15) is 9.94 Å². The molecular weight excluding hydrogens is 262 g/mol. The van der Waals surface area contributed by atoms with E-state index < -0.39 is 0 Å². The van der Waals surface area contributed by atoms with Crippen LogP contribution >= 0.6 is 11.3 Å². The molecule has 0 aliphatic heterocycles. The van der Waals surface area contributed by atoms with E-state index in [1.165, 1.54) is 11.3 Å². The van der Waals surface area contributed by atoms with Crippen molar-refractivity contribution in [2.24, 2.45) is 0 Å². The van der Waals surface area contributed by atoms with Gasteiger partial charge in [0, 0.05) is 4.88 Å². The smallest absolute Gasteiger partial charge is 0.212 e. The second-order valence-corrected chi connectivity index (χ2v) is 5.11. The van der Waals surface area contributed by atoms with E-state index >= 15 is 0 Å². The van der Waals surface area contributed by atoms with Gasteiger partial charge in [-0.25, -0.2) is 4.98 Å². The van der Waals surface area contributed by atoms with E-state index in [1.54, 1.807) is 23.1 Å². The molecule has 0 spiro atoms. The Labute approximate surface area is 112 Å². The first-order valence-corrected chi connectivity index (χ1v) is 6.36. The zero-order valence-electron chi connectivity index (χ0n) is 10.3. The summed E-state index contributed by atoms with van der Waals surface area (Å²) in [6.45, 7) is 3.93. The van der Waals surface area contributed by atoms with Crippen molar-refractivity contribution in [3.05, 3.63) is 34.7 Å². The van der Waals surface area contributed by atoms with Crippen LogP contribution in [-0.4, -0.2) is 20.0 Å². The van der Waals surface area contributed by atoms with Crippen molar-refractivity contribution in [1.82, 2.24) is 20.0 Å². The third-order valence-corrected chi connectivity index (χ3v) is 3.78. The standard InChI is InChI=1S/C12H9N5OS/c1-7-8(2)19-12(14-7)17-11(9(6-13)15-16-17)10-4-3-5-18-10/h3-5H,1-2H3. The van der Waals surface area contributed by atoms with Crippen LogP contribution in [0, 0.1) is 25.2 Å². The number of thiazole rings is 1. The first kappa shape index (κ1) is 11.6. The van der Waals surface area contributed by atoms with E-state index in [0.29, 0.717) is 16.6 Å². The highest BCUT2D eigenvalue weighted by molar-refractivity contribution is 7.14. The highest BCUT2D eigenvalue weighted by Gasteiger charge is 2.20. The fraction of sp³-hybridized carbons (Fsp3) is 0.167. The lowest BCUT2D eigenvalue weighted by molar-refractivity contribution is 0.576. The minimum absolute atomic E-state index is 0.223. The van der Waals surface area contributed by atoms with Gasteiger partial charge in [0.15, 0.2) is 17.1 Å². The van der Waals surface area contributed by atoms with Crippen molar-refractivity contribution in [3.63, 3.8) is 0 Å². The number of aromatic nitrogens is 4. The molecule has 0 aliphatic carbocycles. The van der Waals surface area contributed by atoms with Crippen LogP contribution in [0.1, 0.15) is 16.3 Å². The molecule has 0 N–H and O–H groups in total. The Bertz CT molecular complexity index is 743. The molecule has 3 aromatic heterocycles. The van der Waals surface area contributed by atoms with Gasteiger partial charge in [-0.15, -0.1) is 5.10 Å². The third-order valence-electron chi connectivity index (χ3n) is 2.73. The highest BCUT2D eigenvalue weighted by Crippen LogP contribution is 2.28. The summed E-state index contributed by atoms with van der Waals surface area (Å²) >= 11 is 1.50. The molecule has 94 valence electrons. The maximum Gasteiger partial charge on any atom is 0.212 e. The van der Waals surface area contributed by atoms with Crippen molar-refractivity contribution in [2.45, 2.75) is 13.8 Å². The molecule has 0 saturated carbocycles. The lowest BCUT2D eigenvalue weighted by atomic mass is 10.3. The summed E-state index contributed by atoms with van der Waals surface area (Å²) in [4.78, 5) is 5.53. The Morgan fingerprint density at radius 1 is 1.42 bits per heavy atom. The Balaban J connectivity index is 2.23. The summed E-state index contributed by atoms with van der Waals surface area (Å²) in [7, 11) is 0. The summed E-state index contributed by atoms with van der Waals surface area (Å²) < 4.78 is 6.89. The minimum Gasteiger partial charge on any atom is -0.463 e. The molecule has 0 unspecified atom stereocenters. The maximum atomic E-state index is 9.11. The van der Waals surface area contributed by atoms with Crippen molar-refractivity contribution in [2.75, 3.05) is 0 Å². The fourth-order valence-corrected chi connectivity index (χ4v) is 2.54. The zero-order valence-corrected chi connectivity index (χ0v) is 11.1. The average Bonchev–Trinajstić information content (AvgIpc) is 3.09. The van der Waals surface area contributed by atoms with Gasteiger partial charge in [-0.1, -0.05) is 16.6 Å². The molecule has 3 heterocycles. The van der Waals surface area contributed by atoms with Crippen molar-refractivity contribution < 1.29 is 4.42 Å². The minimum atomic E-state index is 0.223. The van der Waals surface area contributed by atoms with Gasteiger partial charge in [0.1, 0.15) is 6.07 Å². The molecule has 7 heteroatoms. The van der Waals surface area contributed by atoms with Crippen molar-refractivity contribution in [1.29, 1.82) is 5.26 Å². The number of nitrogens with zero attached hydrogens (tertiary/aromatic N) is 5. The van der Waals surface area contributed by atoms with Gasteiger partial charge in [0.25, 0.3) is 0 Å². The SMILES string of the molecule is Cc1nc(-n2nnc(C#N)c2-c2ccco2)sc1C. The molecule has 0 fully saturated rings. The van der Waals surface area contributed by atoms with Crippen LogP contribution in [0.5, 0.6) is 0 Å². The second kappa shape index (κ2) is 4.33. The summed E-state index contributed by atoms with van der Waals surface area (Å²) in [5.41, 5.74) is 1.70. The first-order chi connectivity index (χ1) is 9.20. The molecule has 0 atom stereocenters. The largest absolute Gasteiger partial charge is 0.463 e. The maximum absolute atomic E-state index is 9.11. The molecule has 0 amide bonds. The second-order valence-electron chi connectivity index (χ2n) is 3.93. The number of rotatable bonds is 2. The van der Waals surface area contributed by atoms with E-state index in [1.807, 2.05) is 19.9 Å². The molecule has 3 aromatic rings. The predicted octanol–water partition coefficient (Wildman–Crippen LogP) is 2.47. The van der Waals surface area contributed by atoms with Crippen LogP contribution in [0.15, 0.2) is 22.8 Å². The summed E-state index contributed by atoms with van der Waals surface area (Å²) in [6.07, 6.45) is 1.55. The van der Waals surface area contributed by atoms with Crippen LogP contribution in [0.2, 0.25) is 0 Å². The van der Waals surface area contributed by atoms with Gasteiger partial charge in [0.05, 0.1) is 12.0 Å². The zero-order chi connectivity index (χ0) is 13.4. The topological polar surface area (TPSA) is 80.5 Å². The number of aryl methyl sites for hydroxylation is 2. The van der Waals surface area contributed by atoms with E-state index in [-0.39, 0.29) is 5.69 Å². The molecule has 0 radical (unpaired) electrons. The Kier molecular flexibility index (Phi) is 2.65. The van der Waals surface area contributed by atoms with Gasteiger partial charge < -0.3 is 4.42 Å². The monoisotopic (exact) mass is 271 g/mol. The number of furan rings is 1. The van der Waals surface area contributed by atoms with E-state index in [4.69, 9.17) is 9.68 Å². The van der Waals surface area contributed by atoms with Crippen LogP contribution in [-0.2, 0) is 0 Å². The van der Waals surface area contributed by atoms with Crippen LogP contribution in [0.4, 0.5) is 0 Å². The van der Waals surface area contributed by atoms with Crippen LogP contribution in [0.3, 0.4) is 0 Å². The quantitative estimate of drug-likeness (QED) is 0.715. The molecule has 6 nitrogen and oxygen atoms in total. The number of hydrogen-bond donors (Lipinski definition) is 0. The first-order valence-electron chi connectivity index (χ1n) is 5.55. The van der Waals surface area contributed by atoms with Gasteiger partial charge in [-0.3, -0.25) is 0 Å². The average molecular weight is 271 g/mol. The Hall–Kier alpha value is -2.46. The molecule has 0 aliphatic rings. The summed E-state index contributed by atoms with van der Waals surface area (Å²) in [5.74, 6) is 0.548.